The van der Waals surface area contributed by atoms with Crippen LogP contribution >= 0.6 is 11.6 Å². The minimum atomic E-state index is -4.29. The first kappa shape index (κ1) is 13.5. The molecule has 1 aliphatic rings. The van der Waals surface area contributed by atoms with E-state index in [0.717, 1.165) is 35.2 Å². The molecule has 0 fully saturated rings. The van der Waals surface area contributed by atoms with Crippen LogP contribution in [-0.4, -0.2) is 0 Å². The van der Waals surface area contributed by atoms with E-state index < -0.39 is 11.7 Å². The van der Waals surface area contributed by atoms with E-state index in [2.05, 4.69) is 0 Å². The van der Waals surface area contributed by atoms with Crippen LogP contribution in [-0.2, 0) is 6.18 Å². The Morgan fingerprint density at radius 2 is 1.50 bits per heavy atom. The predicted molar refractivity (Wildman–Crippen MR) is 72.9 cm³/mol. The van der Waals surface area contributed by atoms with Gasteiger partial charge in [-0.1, -0.05) is 36.4 Å². The summed E-state index contributed by atoms with van der Waals surface area (Å²) in [6, 6.07) is 13.2. The number of hydrogen-bond donors (Lipinski definition) is 0. The molecular weight excluding hydrogens is 285 g/mol. The maximum absolute atomic E-state index is 12.6. The Morgan fingerprint density at radius 3 is 2.10 bits per heavy atom. The second kappa shape index (κ2) is 4.81. The summed E-state index contributed by atoms with van der Waals surface area (Å²) in [5, 5.41) is -0.0708. The van der Waals surface area contributed by atoms with E-state index in [1.807, 2.05) is 24.3 Å². The van der Waals surface area contributed by atoms with Crippen molar-refractivity contribution in [1.29, 1.82) is 0 Å². The molecule has 2 aromatic carbocycles. The first-order valence-corrected chi connectivity index (χ1v) is 6.80. The molecule has 0 amide bonds. The number of alkyl halides is 4. The molecule has 104 valence electrons. The summed E-state index contributed by atoms with van der Waals surface area (Å²) in [6.07, 6.45) is -3.56. The van der Waals surface area contributed by atoms with Gasteiger partial charge < -0.3 is 0 Å². The fourth-order valence-electron chi connectivity index (χ4n) is 2.79. The van der Waals surface area contributed by atoms with Crippen molar-refractivity contribution in [1.82, 2.24) is 0 Å². The van der Waals surface area contributed by atoms with Crippen LogP contribution < -0.4 is 0 Å². The Labute approximate surface area is 120 Å². The van der Waals surface area contributed by atoms with Crippen LogP contribution in [0.3, 0.4) is 0 Å². The average Bonchev–Trinajstić information content (AvgIpc) is 2.76. The van der Waals surface area contributed by atoms with Crippen molar-refractivity contribution in [2.45, 2.75) is 23.9 Å². The quantitative estimate of drug-likeness (QED) is 0.608. The largest absolute Gasteiger partial charge is 0.416 e. The van der Waals surface area contributed by atoms with Crippen LogP contribution in [0.1, 0.15) is 40.0 Å². The zero-order chi connectivity index (χ0) is 14.3. The van der Waals surface area contributed by atoms with Gasteiger partial charge in [0.05, 0.1) is 10.9 Å². The van der Waals surface area contributed by atoms with Gasteiger partial charge in [0.1, 0.15) is 0 Å². The SMILES string of the molecule is FC(F)(F)c1ccc([C@@H]2C[C@@H](Cl)c3ccccc32)cc1. The Bertz CT molecular complexity index is 616. The Morgan fingerprint density at radius 1 is 0.900 bits per heavy atom. The van der Waals surface area contributed by atoms with Gasteiger partial charge in [-0.25, -0.2) is 0 Å². The molecule has 0 spiro atoms. The first-order chi connectivity index (χ1) is 9.47. The molecule has 0 unspecified atom stereocenters. The van der Waals surface area contributed by atoms with Crippen LogP contribution in [0.25, 0.3) is 0 Å². The third-order valence-electron chi connectivity index (χ3n) is 3.79. The minimum absolute atomic E-state index is 0.0708. The van der Waals surface area contributed by atoms with Crippen molar-refractivity contribution in [3.8, 4) is 0 Å². The molecular formula is C16H12ClF3. The monoisotopic (exact) mass is 296 g/mol. The first-order valence-electron chi connectivity index (χ1n) is 6.37. The Kier molecular flexibility index (Phi) is 3.25. The van der Waals surface area contributed by atoms with Gasteiger partial charge in [0, 0.05) is 5.92 Å². The minimum Gasteiger partial charge on any atom is -0.166 e. The lowest BCUT2D eigenvalue weighted by Gasteiger charge is -2.13. The van der Waals surface area contributed by atoms with E-state index in [-0.39, 0.29) is 11.3 Å². The molecule has 0 aromatic heterocycles. The van der Waals surface area contributed by atoms with Crippen LogP contribution in [0.15, 0.2) is 48.5 Å². The lowest BCUT2D eigenvalue weighted by Crippen LogP contribution is -2.05. The molecule has 0 saturated heterocycles. The highest BCUT2D eigenvalue weighted by molar-refractivity contribution is 6.21. The van der Waals surface area contributed by atoms with Crippen molar-refractivity contribution in [3.05, 3.63) is 70.8 Å². The number of hydrogen-bond acceptors (Lipinski definition) is 0. The summed E-state index contributed by atoms with van der Waals surface area (Å²) in [4.78, 5) is 0. The maximum atomic E-state index is 12.6. The number of rotatable bonds is 1. The summed E-state index contributed by atoms with van der Waals surface area (Å²) < 4.78 is 37.7. The van der Waals surface area contributed by atoms with Gasteiger partial charge >= 0.3 is 6.18 Å². The Hall–Kier alpha value is -1.48. The van der Waals surface area contributed by atoms with Gasteiger partial charge in [0.25, 0.3) is 0 Å². The lowest BCUT2D eigenvalue weighted by molar-refractivity contribution is -0.137. The standard InChI is InChI=1S/C16H12ClF3/c17-15-9-14(12-3-1-2-4-13(12)15)10-5-7-11(8-6-10)16(18,19)20/h1-8,14-15H,9H2/t14-,15+/m0/s1. The molecule has 0 saturated carbocycles. The van der Waals surface area contributed by atoms with Crippen molar-refractivity contribution in [3.63, 3.8) is 0 Å². The number of benzene rings is 2. The van der Waals surface area contributed by atoms with Crippen LogP contribution in [0.2, 0.25) is 0 Å². The van der Waals surface area contributed by atoms with Crippen molar-refractivity contribution < 1.29 is 13.2 Å². The lowest BCUT2D eigenvalue weighted by atomic mass is 9.92. The van der Waals surface area contributed by atoms with Gasteiger partial charge in [-0.3, -0.25) is 0 Å². The molecule has 0 aliphatic heterocycles. The van der Waals surface area contributed by atoms with Gasteiger partial charge in [0.15, 0.2) is 0 Å². The van der Waals surface area contributed by atoms with E-state index in [1.165, 1.54) is 0 Å². The Balaban J connectivity index is 1.95. The summed E-state index contributed by atoms with van der Waals surface area (Å²) in [5.41, 5.74) is 2.47. The molecule has 4 heteroatoms. The van der Waals surface area contributed by atoms with Gasteiger partial charge in [0.2, 0.25) is 0 Å². The van der Waals surface area contributed by atoms with Crippen molar-refractivity contribution >= 4 is 11.6 Å². The predicted octanol–water partition coefficient (Wildman–Crippen LogP) is 5.52. The molecule has 0 radical (unpaired) electrons. The van der Waals surface area contributed by atoms with E-state index in [0.29, 0.717) is 0 Å². The topological polar surface area (TPSA) is 0 Å². The molecule has 1 aliphatic carbocycles. The van der Waals surface area contributed by atoms with Gasteiger partial charge in [-0.05, 0) is 35.2 Å². The summed E-state index contributed by atoms with van der Waals surface area (Å²) in [6.45, 7) is 0. The van der Waals surface area contributed by atoms with E-state index in [9.17, 15) is 13.2 Å². The molecule has 2 atom stereocenters. The number of halogens is 4. The molecule has 0 heterocycles. The molecule has 3 rings (SSSR count). The highest BCUT2D eigenvalue weighted by Crippen LogP contribution is 2.47. The summed E-state index contributed by atoms with van der Waals surface area (Å²) in [7, 11) is 0. The molecule has 2 aromatic rings. The highest BCUT2D eigenvalue weighted by Gasteiger charge is 2.32. The molecule has 20 heavy (non-hydrogen) atoms. The van der Waals surface area contributed by atoms with E-state index in [1.54, 1.807) is 12.1 Å². The smallest absolute Gasteiger partial charge is 0.166 e. The molecule has 0 N–H and O–H groups in total. The zero-order valence-electron chi connectivity index (χ0n) is 10.5. The van der Waals surface area contributed by atoms with E-state index >= 15 is 0 Å². The third kappa shape index (κ3) is 2.31. The normalized spacial score (nSPS) is 21.8. The fraction of sp³-hybridized carbons (Fsp3) is 0.250. The summed E-state index contributed by atoms with van der Waals surface area (Å²) in [5.74, 6) is 0.0796. The van der Waals surface area contributed by atoms with Crippen LogP contribution in [0.5, 0.6) is 0 Å². The van der Waals surface area contributed by atoms with Crippen molar-refractivity contribution in [2.24, 2.45) is 0 Å². The maximum Gasteiger partial charge on any atom is 0.416 e. The van der Waals surface area contributed by atoms with Crippen LogP contribution in [0.4, 0.5) is 13.2 Å². The van der Waals surface area contributed by atoms with E-state index in [4.69, 9.17) is 11.6 Å². The summed E-state index contributed by atoms with van der Waals surface area (Å²) >= 11 is 6.31. The fourth-order valence-corrected chi connectivity index (χ4v) is 3.17. The van der Waals surface area contributed by atoms with Crippen molar-refractivity contribution in [2.75, 3.05) is 0 Å². The third-order valence-corrected chi connectivity index (χ3v) is 4.21. The average molecular weight is 297 g/mol. The van der Waals surface area contributed by atoms with Gasteiger partial charge in [-0.2, -0.15) is 13.2 Å². The second-order valence-corrected chi connectivity index (χ2v) is 5.53. The second-order valence-electron chi connectivity index (χ2n) is 5.00. The van der Waals surface area contributed by atoms with Crippen LogP contribution in [0, 0.1) is 0 Å². The molecule has 0 bridgehead atoms. The zero-order valence-corrected chi connectivity index (χ0v) is 11.2. The van der Waals surface area contributed by atoms with Gasteiger partial charge in [-0.15, -0.1) is 11.6 Å². The molecule has 0 nitrogen and oxygen atoms in total. The highest BCUT2D eigenvalue weighted by atomic mass is 35.5. The number of fused-ring (bicyclic) bond motifs is 1.